The lowest BCUT2D eigenvalue weighted by atomic mass is 10.1. The summed E-state index contributed by atoms with van der Waals surface area (Å²) in [6.07, 6.45) is 2.77. The summed E-state index contributed by atoms with van der Waals surface area (Å²) in [7, 11) is 0. The molecule has 1 aromatic heterocycles. The molecule has 112 valence electrons. The Bertz CT molecular complexity index is 583. The predicted octanol–water partition coefficient (Wildman–Crippen LogP) is 4.94. The Labute approximate surface area is 135 Å². The summed E-state index contributed by atoms with van der Waals surface area (Å²) in [6.45, 7) is 4.21. The number of rotatable bonds is 6. The van der Waals surface area contributed by atoms with Crippen LogP contribution in [0.4, 0.5) is 0 Å². The van der Waals surface area contributed by atoms with Crippen LogP contribution in [0.15, 0.2) is 30.3 Å². The van der Waals surface area contributed by atoms with Crippen LogP contribution in [0.3, 0.4) is 0 Å². The Balaban J connectivity index is 2.15. The first-order chi connectivity index (χ1) is 10.1. The average Bonchev–Trinajstić information content (AvgIpc) is 2.50. The van der Waals surface area contributed by atoms with E-state index in [4.69, 9.17) is 27.9 Å². The quantitative estimate of drug-likeness (QED) is 0.754. The van der Waals surface area contributed by atoms with Crippen molar-refractivity contribution in [1.82, 2.24) is 10.2 Å². The molecule has 1 aromatic carbocycles. The van der Waals surface area contributed by atoms with Crippen LogP contribution in [-0.4, -0.2) is 16.3 Å². The highest BCUT2D eigenvalue weighted by Crippen LogP contribution is 2.28. The number of aromatic nitrogens is 2. The number of benzene rings is 1. The summed E-state index contributed by atoms with van der Waals surface area (Å²) in [6, 6.07) is 9.40. The molecule has 1 heterocycles. The van der Waals surface area contributed by atoms with Gasteiger partial charge in [-0.2, -0.15) is 5.10 Å². The highest BCUT2D eigenvalue weighted by molar-refractivity contribution is 6.32. The van der Waals surface area contributed by atoms with Gasteiger partial charge in [0.05, 0.1) is 16.8 Å². The zero-order valence-electron chi connectivity index (χ0n) is 12.1. The van der Waals surface area contributed by atoms with Crippen molar-refractivity contribution in [2.45, 2.75) is 39.2 Å². The fourth-order valence-corrected chi connectivity index (χ4v) is 2.29. The summed E-state index contributed by atoms with van der Waals surface area (Å²) >= 11 is 11.9. The van der Waals surface area contributed by atoms with Gasteiger partial charge in [0, 0.05) is 6.42 Å². The molecule has 3 nitrogen and oxygen atoms in total. The van der Waals surface area contributed by atoms with E-state index in [0.717, 1.165) is 29.8 Å². The van der Waals surface area contributed by atoms with E-state index >= 15 is 0 Å². The molecule has 0 atom stereocenters. The summed E-state index contributed by atoms with van der Waals surface area (Å²) in [5, 5.41) is 8.94. The Morgan fingerprint density at radius 1 is 1.05 bits per heavy atom. The van der Waals surface area contributed by atoms with E-state index in [1.165, 1.54) is 0 Å². The molecule has 0 aliphatic rings. The van der Waals surface area contributed by atoms with Crippen LogP contribution in [-0.2, 0) is 6.42 Å². The van der Waals surface area contributed by atoms with Gasteiger partial charge in [-0.1, -0.05) is 43.1 Å². The lowest BCUT2D eigenvalue weighted by molar-refractivity contribution is 0.193. The Morgan fingerprint density at radius 2 is 1.81 bits per heavy atom. The lowest BCUT2D eigenvalue weighted by Gasteiger charge is -2.17. The zero-order chi connectivity index (χ0) is 15.2. The van der Waals surface area contributed by atoms with Crippen molar-refractivity contribution in [2.75, 3.05) is 0 Å². The predicted molar refractivity (Wildman–Crippen MR) is 86.3 cm³/mol. The largest absolute Gasteiger partial charge is 0.489 e. The maximum Gasteiger partial charge on any atom is 0.151 e. The summed E-state index contributed by atoms with van der Waals surface area (Å²) in [4.78, 5) is 0. The normalized spacial score (nSPS) is 10.9. The lowest BCUT2D eigenvalue weighted by Crippen LogP contribution is -2.14. The van der Waals surface area contributed by atoms with Crippen LogP contribution in [0.1, 0.15) is 37.9 Å². The third-order valence-electron chi connectivity index (χ3n) is 3.27. The van der Waals surface area contributed by atoms with Crippen molar-refractivity contribution in [3.05, 3.63) is 51.8 Å². The summed E-state index contributed by atoms with van der Waals surface area (Å²) in [5.74, 6) is 0.727. The van der Waals surface area contributed by atoms with Crippen molar-refractivity contribution in [3.63, 3.8) is 0 Å². The van der Waals surface area contributed by atoms with Gasteiger partial charge in [0.15, 0.2) is 5.15 Å². The third-order valence-corrected chi connectivity index (χ3v) is 3.79. The van der Waals surface area contributed by atoms with Gasteiger partial charge >= 0.3 is 0 Å². The molecule has 0 aliphatic heterocycles. The number of ether oxygens (including phenoxy) is 1. The van der Waals surface area contributed by atoms with Gasteiger partial charge < -0.3 is 4.74 Å². The van der Waals surface area contributed by atoms with E-state index in [1.54, 1.807) is 6.07 Å². The van der Waals surface area contributed by atoms with Crippen molar-refractivity contribution >= 4 is 23.2 Å². The van der Waals surface area contributed by atoms with Crippen LogP contribution in [0.25, 0.3) is 0 Å². The Kier molecular flexibility index (Phi) is 5.83. The molecule has 5 heteroatoms. The Morgan fingerprint density at radius 3 is 2.43 bits per heavy atom. The van der Waals surface area contributed by atoms with Gasteiger partial charge in [-0.25, -0.2) is 0 Å². The summed E-state index contributed by atoms with van der Waals surface area (Å²) < 4.78 is 5.95. The molecule has 0 unspecified atom stereocenters. The maximum atomic E-state index is 6.21. The first kappa shape index (κ1) is 16.1. The van der Waals surface area contributed by atoms with Gasteiger partial charge in [0.2, 0.25) is 0 Å². The third kappa shape index (κ3) is 4.58. The molecule has 0 amide bonds. The second-order valence-corrected chi connectivity index (χ2v) is 5.64. The van der Waals surface area contributed by atoms with Gasteiger partial charge in [-0.3, -0.25) is 0 Å². The minimum Gasteiger partial charge on any atom is -0.489 e. The molecule has 0 saturated carbocycles. The number of nitrogens with zero attached hydrogens (tertiary/aromatic N) is 2. The fraction of sp³-hybridized carbons (Fsp3) is 0.375. The topological polar surface area (TPSA) is 35.0 Å². The molecule has 2 rings (SSSR count). The van der Waals surface area contributed by atoms with Crippen LogP contribution >= 0.6 is 23.2 Å². The second-order valence-electron chi connectivity index (χ2n) is 4.85. The number of hydrogen-bond donors (Lipinski definition) is 0. The van der Waals surface area contributed by atoms with E-state index in [-0.39, 0.29) is 6.10 Å². The zero-order valence-corrected chi connectivity index (χ0v) is 13.7. The minimum absolute atomic E-state index is 0.188. The molecule has 0 spiro atoms. The highest BCUT2D eigenvalue weighted by Gasteiger charge is 2.10. The standard InChI is InChI=1S/C16H18Cl2N2O/c1-3-13(4-2)21-15-10-11(5-7-14(15)17)9-12-6-8-16(18)20-19-12/h5-8,10,13H,3-4,9H2,1-2H3. The van der Waals surface area contributed by atoms with Gasteiger partial charge in [-0.05, 0) is 42.7 Å². The molecule has 0 aliphatic carbocycles. The molecule has 0 saturated heterocycles. The molecule has 0 N–H and O–H groups in total. The number of hydrogen-bond acceptors (Lipinski definition) is 3. The van der Waals surface area contributed by atoms with Crippen LogP contribution in [0, 0.1) is 0 Å². The first-order valence-corrected chi connectivity index (χ1v) is 7.81. The minimum atomic E-state index is 0.188. The smallest absolute Gasteiger partial charge is 0.151 e. The highest BCUT2D eigenvalue weighted by atomic mass is 35.5. The van der Waals surface area contributed by atoms with E-state index in [0.29, 0.717) is 16.6 Å². The molecule has 21 heavy (non-hydrogen) atoms. The van der Waals surface area contributed by atoms with Crippen molar-refractivity contribution < 1.29 is 4.74 Å². The molecular weight excluding hydrogens is 307 g/mol. The van der Waals surface area contributed by atoms with Crippen molar-refractivity contribution in [3.8, 4) is 5.75 Å². The van der Waals surface area contributed by atoms with Crippen molar-refractivity contribution in [1.29, 1.82) is 0 Å². The molecule has 0 radical (unpaired) electrons. The monoisotopic (exact) mass is 324 g/mol. The van der Waals surface area contributed by atoms with Crippen LogP contribution in [0.5, 0.6) is 5.75 Å². The van der Waals surface area contributed by atoms with Gasteiger partial charge in [-0.15, -0.1) is 5.10 Å². The van der Waals surface area contributed by atoms with E-state index in [2.05, 4.69) is 24.0 Å². The summed E-state index contributed by atoms with van der Waals surface area (Å²) in [5.41, 5.74) is 1.94. The van der Waals surface area contributed by atoms with Gasteiger partial charge in [0.25, 0.3) is 0 Å². The van der Waals surface area contributed by atoms with E-state index in [9.17, 15) is 0 Å². The van der Waals surface area contributed by atoms with Gasteiger partial charge in [0.1, 0.15) is 5.75 Å². The van der Waals surface area contributed by atoms with Crippen molar-refractivity contribution in [2.24, 2.45) is 0 Å². The first-order valence-electron chi connectivity index (χ1n) is 7.05. The molecular formula is C16H18Cl2N2O. The SMILES string of the molecule is CCC(CC)Oc1cc(Cc2ccc(Cl)nn2)ccc1Cl. The molecule has 2 aromatic rings. The van der Waals surface area contributed by atoms with Crippen LogP contribution < -0.4 is 4.74 Å². The molecule has 0 bridgehead atoms. The van der Waals surface area contributed by atoms with E-state index < -0.39 is 0 Å². The molecule has 0 fully saturated rings. The number of halogens is 2. The Hall–Kier alpha value is -1.32. The fourth-order valence-electron chi connectivity index (χ4n) is 2.03. The maximum absolute atomic E-state index is 6.21. The van der Waals surface area contributed by atoms with E-state index in [1.807, 2.05) is 24.3 Å². The van der Waals surface area contributed by atoms with Crippen LogP contribution in [0.2, 0.25) is 10.2 Å². The second kappa shape index (κ2) is 7.62. The average molecular weight is 325 g/mol.